The number of thioether (sulfide) groups is 1. The number of piperidine rings is 2. The molecule has 6 rings (SSSR count). The molecule has 2 aromatic rings. The number of halogens is 1. The van der Waals surface area contributed by atoms with Gasteiger partial charge in [-0.2, -0.15) is 0 Å². The average molecular weight is 483 g/mol. The molecule has 5 heteroatoms. The summed E-state index contributed by atoms with van der Waals surface area (Å²) >= 11 is 8.48. The van der Waals surface area contributed by atoms with Crippen LogP contribution in [0, 0.1) is 5.92 Å². The summed E-state index contributed by atoms with van der Waals surface area (Å²) in [5.74, 6) is 1.95. The minimum absolute atomic E-state index is 0.0317. The molecule has 2 aromatic carbocycles. The second kappa shape index (κ2) is 8.57. The van der Waals surface area contributed by atoms with Gasteiger partial charge in [0.05, 0.1) is 11.0 Å². The molecule has 4 atom stereocenters. The van der Waals surface area contributed by atoms with E-state index < -0.39 is 5.60 Å². The van der Waals surface area contributed by atoms with Crippen molar-refractivity contribution in [1.29, 1.82) is 0 Å². The Bertz CT molecular complexity index is 1030. The molecule has 2 fully saturated rings. The highest BCUT2D eigenvalue weighted by Gasteiger charge is 2.54. The van der Waals surface area contributed by atoms with Crippen LogP contribution in [0.5, 0.6) is 0 Å². The molecule has 0 radical (unpaired) electrons. The van der Waals surface area contributed by atoms with Crippen LogP contribution < -0.4 is 5.32 Å². The van der Waals surface area contributed by atoms with E-state index in [0.29, 0.717) is 17.2 Å². The lowest BCUT2D eigenvalue weighted by atomic mass is 9.73. The molecule has 2 N–H and O–H groups in total. The van der Waals surface area contributed by atoms with Crippen molar-refractivity contribution in [3.8, 4) is 0 Å². The van der Waals surface area contributed by atoms with Gasteiger partial charge in [0, 0.05) is 41.9 Å². The molecule has 0 aromatic heterocycles. The maximum absolute atomic E-state index is 11.8. The maximum Gasteiger partial charge on any atom is 0.0723 e. The Morgan fingerprint density at radius 1 is 1.12 bits per heavy atom. The maximum atomic E-state index is 11.8. The van der Waals surface area contributed by atoms with E-state index in [1.54, 1.807) is 0 Å². The lowest BCUT2D eigenvalue weighted by Crippen LogP contribution is -2.57. The highest BCUT2D eigenvalue weighted by molar-refractivity contribution is 7.99. The molecule has 2 saturated heterocycles. The van der Waals surface area contributed by atoms with E-state index in [2.05, 4.69) is 59.6 Å². The second-order valence-corrected chi connectivity index (χ2v) is 12.5. The van der Waals surface area contributed by atoms with E-state index in [0.717, 1.165) is 62.6 Å². The van der Waals surface area contributed by atoms with Crippen LogP contribution in [0.2, 0.25) is 5.02 Å². The molecule has 0 amide bonds. The lowest BCUT2D eigenvalue weighted by molar-refractivity contribution is -0.0784. The molecule has 2 bridgehead atoms. The molecule has 2 aliphatic carbocycles. The predicted octanol–water partition coefficient (Wildman–Crippen LogP) is 5.38. The third-order valence-corrected chi connectivity index (χ3v) is 10.4. The number of likely N-dealkylation sites (tertiary alicyclic amines) is 1. The zero-order valence-electron chi connectivity index (χ0n) is 19.5. The average Bonchev–Trinajstić information content (AvgIpc) is 3.33. The lowest BCUT2D eigenvalue weighted by Gasteiger charge is -2.48. The summed E-state index contributed by atoms with van der Waals surface area (Å²) in [5, 5.41) is 16.7. The van der Waals surface area contributed by atoms with Crippen LogP contribution in [0.25, 0.3) is 0 Å². The normalized spacial score (nSPS) is 32.5. The van der Waals surface area contributed by atoms with Gasteiger partial charge >= 0.3 is 0 Å². The van der Waals surface area contributed by atoms with Crippen LogP contribution in [0.3, 0.4) is 0 Å². The molecule has 0 saturated carbocycles. The Labute approximate surface area is 207 Å². The van der Waals surface area contributed by atoms with E-state index in [1.165, 1.54) is 28.7 Å². The third kappa shape index (κ3) is 3.60. The van der Waals surface area contributed by atoms with Crippen molar-refractivity contribution < 1.29 is 5.11 Å². The quantitative estimate of drug-likeness (QED) is 0.599. The smallest absolute Gasteiger partial charge is 0.0723 e. The number of benzene rings is 2. The summed E-state index contributed by atoms with van der Waals surface area (Å²) in [7, 11) is 0. The number of nitrogens with zero attached hydrogens (tertiary/aromatic N) is 1. The zero-order valence-corrected chi connectivity index (χ0v) is 21.1. The predicted molar refractivity (Wildman–Crippen MR) is 138 cm³/mol. The molecular formula is C28H35ClN2OS. The molecule has 0 spiro atoms. The molecule has 176 valence electrons. The first-order valence-electron chi connectivity index (χ1n) is 12.7. The fourth-order valence-corrected chi connectivity index (χ4v) is 8.82. The van der Waals surface area contributed by atoms with Gasteiger partial charge in [-0.3, -0.25) is 0 Å². The number of hydrogen-bond acceptors (Lipinski definition) is 4. The number of fused-ring (bicyclic) bond motifs is 8. The summed E-state index contributed by atoms with van der Waals surface area (Å²) in [6.07, 6.45) is 5.24. The van der Waals surface area contributed by atoms with Gasteiger partial charge in [-0.05, 0) is 78.8 Å². The van der Waals surface area contributed by atoms with Crippen LogP contribution in [0.15, 0.2) is 42.5 Å². The van der Waals surface area contributed by atoms with Gasteiger partial charge < -0.3 is 15.3 Å². The van der Waals surface area contributed by atoms with E-state index in [-0.39, 0.29) is 5.41 Å². The highest BCUT2D eigenvalue weighted by Crippen LogP contribution is 2.61. The van der Waals surface area contributed by atoms with E-state index in [9.17, 15) is 5.11 Å². The standard InChI is InChI=1S/C28H35ClN2OS/c1-2-33-26-24(8-5-13-30-26)28(32)11-14-31(15-12-28)18-27-17-22(20-6-3-4-7-23(20)27)21-10-9-19(29)16-25(21)27/h3-4,6-7,9-10,16,22,24,26,30,32H,2,5,8,11-15,17-18H2,1H3. The van der Waals surface area contributed by atoms with Crippen LogP contribution in [0.1, 0.15) is 67.2 Å². The Morgan fingerprint density at radius 3 is 2.73 bits per heavy atom. The minimum Gasteiger partial charge on any atom is -0.389 e. The number of nitrogens with one attached hydrogen (secondary N) is 1. The number of hydrogen-bond donors (Lipinski definition) is 2. The van der Waals surface area contributed by atoms with Crippen molar-refractivity contribution >= 4 is 23.4 Å². The van der Waals surface area contributed by atoms with Gasteiger partial charge in [0.15, 0.2) is 0 Å². The summed E-state index contributed by atoms with van der Waals surface area (Å²) in [5.41, 5.74) is 5.41. The Hall–Kier alpha value is -1.04. The molecule has 2 heterocycles. The van der Waals surface area contributed by atoms with Gasteiger partial charge in [-0.25, -0.2) is 0 Å². The van der Waals surface area contributed by atoms with Gasteiger partial charge in [0.25, 0.3) is 0 Å². The molecular weight excluding hydrogens is 448 g/mol. The molecule has 33 heavy (non-hydrogen) atoms. The minimum atomic E-state index is -0.540. The van der Waals surface area contributed by atoms with Gasteiger partial charge in [-0.1, -0.05) is 48.9 Å². The Morgan fingerprint density at radius 2 is 1.91 bits per heavy atom. The van der Waals surface area contributed by atoms with E-state index in [1.807, 2.05) is 11.8 Å². The van der Waals surface area contributed by atoms with Crippen LogP contribution in [-0.4, -0.2) is 52.9 Å². The Kier molecular flexibility index (Phi) is 5.82. The topological polar surface area (TPSA) is 35.5 Å². The molecule has 4 aliphatic rings. The van der Waals surface area contributed by atoms with Gasteiger partial charge in [-0.15, -0.1) is 11.8 Å². The molecule has 2 aliphatic heterocycles. The summed E-state index contributed by atoms with van der Waals surface area (Å²) in [6.45, 7) is 6.28. The van der Waals surface area contributed by atoms with Crippen molar-refractivity contribution in [2.24, 2.45) is 5.92 Å². The Balaban J connectivity index is 1.24. The summed E-state index contributed by atoms with van der Waals surface area (Å²) in [4.78, 5) is 2.63. The van der Waals surface area contributed by atoms with Gasteiger partial charge in [0.1, 0.15) is 0 Å². The first-order valence-corrected chi connectivity index (χ1v) is 14.2. The summed E-state index contributed by atoms with van der Waals surface area (Å²) in [6, 6.07) is 15.6. The van der Waals surface area contributed by atoms with Crippen LogP contribution >= 0.6 is 23.4 Å². The van der Waals surface area contributed by atoms with Crippen molar-refractivity contribution in [3.05, 3.63) is 69.7 Å². The SMILES string of the molecule is CCSC1NCCCC1C1(O)CCN(CC23CC(c4ccccc42)c2ccc(Cl)cc23)CC1. The van der Waals surface area contributed by atoms with Crippen LogP contribution in [0.4, 0.5) is 0 Å². The van der Waals surface area contributed by atoms with E-state index in [4.69, 9.17) is 11.6 Å². The first-order chi connectivity index (χ1) is 16.0. The summed E-state index contributed by atoms with van der Waals surface area (Å²) < 4.78 is 0. The van der Waals surface area contributed by atoms with Crippen molar-refractivity contribution in [3.63, 3.8) is 0 Å². The molecule has 4 unspecified atom stereocenters. The van der Waals surface area contributed by atoms with Crippen molar-refractivity contribution in [2.75, 3.05) is 31.9 Å². The largest absolute Gasteiger partial charge is 0.389 e. The number of rotatable bonds is 5. The third-order valence-electron chi connectivity index (χ3n) is 8.97. The van der Waals surface area contributed by atoms with Crippen molar-refractivity contribution in [1.82, 2.24) is 10.2 Å². The second-order valence-electron chi connectivity index (χ2n) is 10.6. The number of aliphatic hydroxyl groups is 1. The zero-order chi connectivity index (χ0) is 22.6. The fourth-order valence-electron chi connectivity index (χ4n) is 7.44. The van der Waals surface area contributed by atoms with Crippen molar-refractivity contribution in [2.45, 2.75) is 61.3 Å². The first kappa shape index (κ1) is 22.4. The highest BCUT2D eigenvalue weighted by atomic mass is 35.5. The fraction of sp³-hybridized carbons (Fsp3) is 0.571. The molecule has 3 nitrogen and oxygen atoms in total. The monoisotopic (exact) mass is 482 g/mol. The van der Waals surface area contributed by atoms with E-state index >= 15 is 0 Å². The van der Waals surface area contributed by atoms with Gasteiger partial charge in [0.2, 0.25) is 0 Å². The van der Waals surface area contributed by atoms with Crippen LogP contribution in [-0.2, 0) is 5.41 Å².